The first-order valence-electron chi connectivity index (χ1n) is 5.61. The molecule has 1 unspecified atom stereocenters. The van der Waals surface area contributed by atoms with Crippen molar-refractivity contribution in [3.8, 4) is 0 Å². The van der Waals surface area contributed by atoms with Gasteiger partial charge in [0.1, 0.15) is 5.82 Å². The van der Waals surface area contributed by atoms with Crippen molar-refractivity contribution in [1.29, 1.82) is 0 Å². The smallest absolute Gasteiger partial charge is 0.228 e. The number of halogens is 1. The molecule has 0 radical (unpaired) electrons. The molecule has 1 aromatic heterocycles. The summed E-state index contributed by atoms with van der Waals surface area (Å²) in [4.78, 5) is 28.8. The molecule has 0 N–H and O–H groups in total. The van der Waals surface area contributed by atoms with Crippen LogP contribution in [0.1, 0.15) is 13.3 Å². The molecular weight excluding hydrogens is 363 g/mol. The van der Waals surface area contributed by atoms with Crippen LogP contribution >= 0.6 is 34.4 Å². The van der Waals surface area contributed by atoms with Gasteiger partial charge >= 0.3 is 0 Å². The van der Waals surface area contributed by atoms with Crippen molar-refractivity contribution in [2.45, 2.75) is 13.3 Å². The number of anilines is 1. The molecule has 1 aliphatic rings. The third-order valence-electron chi connectivity index (χ3n) is 2.71. The van der Waals surface area contributed by atoms with E-state index in [-0.39, 0.29) is 16.9 Å². The fourth-order valence-corrected chi connectivity index (χ4v) is 3.02. The van der Waals surface area contributed by atoms with Crippen LogP contribution in [0.2, 0.25) is 0 Å². The molecule has 2 heterocycles. The molecule has 6 heteroatoms. The van der Waals surface area contributed by atoms with Gasteiger partial charge in [-0.3, -0.25) is 14.5 Å². The molecule has 0 spiro atoms. The highest BCUT2D eigenvalue weighted by Crippen LogP contribution is 2.26. The van der Waals surface area contributed by atoms with E-state index in [1.54, 1.807) is 18.0 Å². The van der Waals surface area contributed by atoms with Crippen LogP contribution in [0.25, 0.3) is 0 Å². The summed E-state index contributed by atoms with van der Waals surface area (Å²) in [7, 11) is 0. The minimum absolute atomic E-state index is 0.0960. The lowest BCUT2D eigenvalue weighted by molar-refractivity contribution is -0.117. The van der Waals surface area contributed by atoms with Crippen LogP contribution in [0.3, 0.4) is 0 Å². The summed E-state index contributed by atoms with van der Waals surface area (Å²) in [6, 6.07) is 3.80. The Balaban J connectivity index is 2.03. The molecule has 1 fully saturated rings. The Labute approximate surface area is 124 Å². The second-order valence-corrected chi connectivity index (χ2v) is 6.65. The number of carbonyl (C=O) groups is 2. The predicted octanol–water partition coefficient (Wildman–Crippen LogP) is 2.32. The van der Waals surface area contributed by atoms with E-state index in [0.29, 0.717) is 24.5 Å². The van der Waals surface area contributed by atoms with Gasteiger partial charge in [0.15, 0.2) is 5.12 Å². The number of nitrogens with zero attached hydrogens (tertiary/aromatic N) is 2. The summed E-state index contributed by atoms with van der Waals surface area (Å²) in [5, 5.41) is 0.105. The van der Waals surface area contributed by atoms with Crippen LogP contribution in [0, 0.1) is 9.49 Å². The molecule has 1 saturated heterocycles. The molecule has 0 aliphatic carbocycles. The van der Waals surface area contributed by atoms with E-state index in [2.05, 4.69) is 27.6 Å². The van der Waals surface area contributed by atoms with Gasteiger partial charge in [-0.25, -0.2) is 4.98 Å². The van der Waals surface area contributed by atoms with E-state index in [1.807, 2.05) is 12.1 Å². The van der Waals surface area contributed by atoms with Gasteiger partial charge in [0.2, 0.25) is 5.91 Å². The minimum atomic E-state index is 0.0960. The van der Waals surface area contributed by atoms with Crippen LogP contribution in [0.15, 0.2) is 18.3 Å². The number of thioether (sulfide) groups is 1. The Morgan fingerprint density at radius 1 is 1.67 bits per heavy atom. The zero-order chi connectivity index (χ0) is 13.1. The lowest BCUT2D eigenvalue weighted by atomic mass is 10.1. The molecule has 4 nitrogen and oxygen atoms in total. The highest BCUT2D eigenvalue weighted by molar-refractivity contribution is 14.1. The Hall–Kier alpha value is -0.630. The first-order chi connectivity index (χ1) is 8.56. The molecule has 1 atom stereocenters. The molecule has 0 saturated carbocycles. The highest BCUT2D eigenvalue weighted by Gasteiger charge is 2.31. The molecule has 2 rings (SSSR count). The maximum Gasteiger partial charge on any atom is 0.228 e. The molecule has 18 heavy (non-hydrogen) atoms. The standard InChI is InChI=1S/C12H13IN2O2S/c1-8(16)18-7-9-4-12(17)15(6-9)11-5-10(13)2-3-14-11/h2-3,5,9H,4,6-7H2,1H3. The lowest BCUT2D eigenvalue weighted by Crippen LogP contribution is -2.25. The first-order valence-corrected chi connectivity index (χ1v) is 7.68. The molecule has 96 valence electrons. The highest BCUT2D eigenvalue weighted by atomic mass is 127. The van der Waals surface area contributed by atoms with E-state index in [0.717, 1.165) is 3.57 Å². The van der Waals surface area contributed by atoms with Crippen LogP contribution < -0.4 is 4.90 Å². The second-order valence-electron chi connectivity index (χ2n) is 4.21. The zero-order valence-electron chi connectivity index (χ0n) is 9.93. The van der Waals surface area contributed by atoms with Crippen molar-refractivity contribution in [2.24, 2.45) is 5.92 Å². The van der Waals surface area contributed by atoms with Crippen LogP contribution in [-0.4, -0.2) is 28.3 Å². The van der Waals surface area contributed by atoms with Crippen molar-refractivity contribution >= 4 is 51.2 Å². The summed E-state index contributed by atoms with van der Waals surface area (Å²) in [5.74, 6) is 1.76. The monoisotopic (exact) mass is 376 g/mol. The van der Waals surface area contributed by atoms with Crippen molar-refractivity contribution in [2.75, 3.05) is 17.2 Å². The topological polar surface area (TPSA) is 50.3 Å². The molecule has 1 aromatic rings. The molecule has 1 amide bonds. The lowest BCUT2D eigenvalue weighted by Gasteiger charge is -2.15. The summed E-state index contributed by atoms with van der Waals surface area (Å²) in [5.41, 5.74) is 0. The van der Waals surface area contributed by atoms with E-state index < -0.39 is 0 Å². The van der Waals surface area contributed by atoms with Crippen molar-refractivity contribution < 1.29 is 9.59 Å². The molecule has 0 bridgehead atoms. The molecular formula is C12H13IN2O2S. The number of amides is 1. The largest absolute Gasteiger partial charge is 0.296 e. The van der Waals surface area contributed by atoms with E-state index >= 15 is 0 Å². The number of aromatic nitrogens is 1. The predicted molar refractivity (Wildman–Crippen MR) is 80.6 cm³/mol. The maximum absolute atomic E-state index is 11.9. The fraction of sp³-hybridized carbons (Fsp3) is 0.417. The number of hydrogen-bond donors (Lipinski definition) is 0. The number of rotatable bonds is 3. The van der Waals surface area contributed by atoms with Gasteiger partial charge in [0, 0.05) is 35.4 Å². The van der Waals surface area contributed by atoms with Crippen LogP contribution in [0.4, 0.5) is 5.82 Å². The summed E-state index contributed by atoms with van der Waals surface area (Å²) in [6.45, 7) is 2.21. The summed E-state index contributed by atoms with van der Waals surface area (Å²) < 4.78 is 1.06. The van der Waals surface area contributed by atoms with Gasteiger partial charge in [-0.15, -0.1) is 0 Å². The molecule has 1 aliphatic heterocycles. The Morgan fingerprint density at radius 2 is 2.44 bits per heavy atom. The van der Waals surface area contributed by atoms with E-state index in [1.165, 1.54) is 11.8 Å². The van der Waals surface area contributed by atoms with Gasteiger partial charge in [0.25, 0.3) is 0 Å². The number of pyridine rings is 1. The third kappa shape index (κ3) is 3.44. The Morgan fingerprint density at radius 3 is 3.11 bits per heavy atom. The van der Waals surface area contributed by atoms with Gasteiger partial charge in [-0.05, 0) is 40.6 Å². The van der Waals surface area contributed by atoms with Gasteiger partial charge in [-0.1, -0.05) is 11.8 Å². The molecule has 0 aromatic carbocycles. The minimum Gasteiger partial charge on any atom is -0.296 e. The SMILES string of the molecule is CC(=O)SCC1CC(=O)N(c2cc(I)ccn2)C1. The fourth-order valence-electron chi connectivity index (χ4n) is 1.89. The van der Waals surface area contributed by atoms with Crippen molar-refractivity contribution in [3.63, 3.8) is 0 Å². The average Bonchev–Trinajstić information content (AvgIpc) is 2.68. The van der Waals surface area contributed by atoms with Gasteiger partial charge < -0.3 is 0 Å². The Bertz CT molecular complexity index is 481. The average molecular weight is 376 g/mol. The first kappa shape index (κ1) is 13.8. The van der Waals surface area contributed by atoms with Crippen LogP contribution in [0.5, 0.6) is 0 Å². The maximum atomic E-state index is 11.9. The second kappa shape index (κ2) is 6.01. The normalized spacial score (nSPS) is 19.3. The number of carbonyl (C=O) groups excluding carboxylic acids is 2. The van der Waals surface area contributed by atoms with Gasteiger partial charge in [0.05, 0.1) is 0 Å². The summed E-state index contributed by atoms with van der Waals surface area (Å²) in [6.07, 6.45) is 2.22. The third-order valence-corrected chi connectivity index (χ3v) is 4.43. The van der Waals surface area contributed by atoms with Crippen molar-refractivity contribution in [1.82, 2.24) is 4.98 Å². The Kier molecular flexibility index (Phi) is 4.60. The number of hydrogen-bond acceptors (Lipinski definition) is 4. The zero-order valence-corrected chi connectivity index (χ0v) is 12.9. The van der Waals surface area contributed by atoms with Gasteiger partial charge in [-0.2, -0.15) is 0 Å². The van der Waals surface area contributed by atoms with E-state index in [9.17, 15) is 9.59 Å². The van der Waals surface area contributed by atoms with E-state index in [4.69, 9.17) is 0 Å². The van der Waals surface area contributed by atoms with Crippen molar-refractivity contribution in [3.05, 3.63) is 21.9 Å². The quantitative estimate of drug-likeness (QED) is 0.760. The van der Waals surface area contributed by atoms with Crippen LogP contribution in [-0.2, 0) is 9.59 Å². The summed E-state index contributed by atoms with van der Waals surface area (Å²) >= 11 is 3.49.